The van der Waals surface area contributed by atoms with Crippen molar-refractivity contribution < 1.29 is 9.90 Å². The van der Waals surface area contributed by atoms with Crippen LogP contribution in [-0.4, -0.2) is 27.8 Å². The zero-order valence-corrected chi connectivity index (χ0v) is 10.4. The van der Waals surface area contributed by atoms with Crippen molar-refractivity contribution in [1.29, 1.82) is 0 Å². The van der Waals surface area contributed by atoms with Gasteiger partial charge in [-0.25, -0.2) is 5.10 Å². The van der Waals surface area contributed by atoms with Crippen LogP contribution in [0.25, 0.3) is 0 Å². The average Bonchev–Trinajstić information content (AvgIpc) is 2.47. The minimum Gasteiger partial charge on any atom is -0.384 e. The molecule has 6 nitrogen and oxygen atoms in total. The molecular formula is C14H11N3O3. The fraction of sp³-hybridized carbons (Fsp3) is 0.0714. The van der Waals surface area contributed by atoms with E-state index in [0.29, 0.717) is 5.69 Å². The topological polar surface area (TPSA) is 95.1 Å². The molecule has 2 rings (SSSR count). The Morgan fingerprint density at radius 2 is 2.00 bits per heavy atom. The molecule has 0 saturated carbocycles. The second kappa shape index (κ2) is 6.31. The highest BCUT2D eigenvalue weighted by molar-refractivity contribution is 6.02. The maximum Gasteiger partial charge on any atom is 0.276 e. The summed E-state index contributed by atoms with van der Waals surface area (Å²) in [5.41, 5.74) is 1.07. The van der Waals surface area contributed by atoms with Gasteiger partial charge in [0.05, 0.1) is 0 Å². The highest BCUT2D eigenvalue weighted by Crippen LogP contribution is 2.09. The predicted octanol–water partition coefficient (Wildman–Crippen LogP) is 0.366. The van der Waals surface area contributed by atoms with E-state index < -0.39 is 5.91 Å². The van der Waals surface area contributed by atoms with Crippen LogP contribution < -0.4 is 10.9 Å². The normalized spacial score (nSPS) is 9.45. The molecule has 0 radical (unpaired) electrons. The smallest absolute Gasteiger partial charge is 0.276 e. The van der Waals surface area contributed by atoms with Crippen LogP contribution in [0, 0.1) is 11.8 Å². The Hall–Kier alpha value is -2.91. The largest absolute Gasteiger partial charge is 0.384 e. The van der Waals surface area contributed by atoms with Crippen LogP contribution in [0.2, 0.25) is 0 Å². The monoisotopic (exact) mass is 269 g/mol. The molecule has 0 aliphatic rings. The molecule has 1 heterocycles. The number of benzene rings is 1. The Morgan fingerprint density at radius 1 is 1.25 bits per heavy atom. The van der Waals surface area contributed by atoms with Crippen molar-refractivity contribution in [1.82, 2.24) is 10.2 Å². The van der Waals surface area contributed by atoms with Gasteiger partial charge in [-0.2, -0.15) is 5.10 Å². The van der Waals surface area contributed by atoms with Crippen LogP contribution in [0.4, 0.5) is 5.69 Å². The molecule has 1 amide bonds. The Labute approximate surface area is 114 Å². The lowest BCUT2D eigenvalue weighted by Gasteiger charge is -2.04. The van der Waals surface area contributed by atoms with Crippen LogP contribution in [0.5, 0.6) is 0 Å². The number of carbonyl (C=O) groups excluding carboxylic acids is 1. The highest BCUT2D eigenvalue weighted by Gasteiger charge is 2.07. The van der Waals surface area contributed by atoms with Crippen molar-refractivity contribution >= 4 is 11.6 Å². The summed E-state index contributed by atoms with van der Waals surface area (Å²) in [6, 6.07) is 9.39. The Morgan fingerprint density at radius 3 is 2.60 bits per heavy atom. The summed E-state index contributed by atoms with van der Waals surface area (Å²) in [7, 11) is 0. The first-order chi connectivity index (χ1) is 9.69. The molecule has 0 atom stereocenters. The van der Waals surface area contributed by atoms with Gasteiger partial charge in [0.25, 0.3) is 11.5 Å². The zero-order valence-electron chi connectivity index (χ0n) is 10.4. The van der Waals surface area contributed by atoms with Gasteiger partial charge in [0, 0.05) is 17.3 Å². The number of hydrogen-bond donors (Lipinski definition) is 3. The predicted molar refractivity (Wildman–Crippen MR) is 73.2 cm³/mol. The Balaban J connectivity index is 2.08. The Kier molecular flexibility index (Phi) is 4.27. The first-order valence-electron chi connectivity index (χ1n) is 5.76. The number of aliphatic hydroxyl groups excluding tert-OH is 1. The molecule has 0 spiro atoms. The molecule has 6 heteroatoms. The molecular weight excluding hydrogens is 258 g/mol. The maximum absolute atomic E-state index is 11.8. The number of nitrogens with one attached hydrogen (secondary N) is 2. The Bertz CT molecular complexity index is 703. The molecule has 20 heavy (non-hydrogen) atoms. The van der Waals surface area contributed by atoms with Gasteiger partial charge in [0.2, 0.25) is 0 Å². The standard InChI is InChI=1S/C14H11N3O3/c18-9-1-2-10-3-5-11(6-4-10)15-14(20)12-7-8-13(19)17-16-12/h3-8,18H,9H2,(H,15,20)(H,17,19). The lowest BCUT2D eigenvalue weighted by atomic mass is 10.2. The molecule has 1 aromatic heterocycles. The SMILES string of the molecule is O=C(Nc1ccc(C#CCO)cc1)c1ccc(=O)[nH]n1. The number of rotatable bonds is 2. The quantitative estimate of drug-likeness (QED) is 0.686. The highest BCUT2D eigenvalue weighted by atomic mass is 16.2. The molecule has 0 unspecified atom stereocenters. The van der Waals surface area contributed by atoms with Gasteiger partial charge < -0.3 is 10.4 Å². The van der Waals surface area contributed by atoms with Crippen molar-refractivity contribution in [3.05, 3.63) is 58.0 Å². The lowest BCUT2D eigenvalue weighted by molar-refractivity contribution is 0.102. The number of H-pyrrole nitrogens is 1. The lowest BCUT2D eigenvalue weighted by Crippen LogP contribution is -2.17. The van der Waals surface area contributed by atoms with Crippen molar-refractivity contribution in [3.8, 4) is 11.8 Å². The summed E-state index contributed by atoms with van der Waals surface area (Å²) in [4.78, 5) is 22.7. The summed E-state index contributed by atoms with van der Waals surface area (Å²) in [6.07, 6.45) is 0. The van der Waals surface area contributed by atoms with Crippen LogP contribution in [0.3, 0.4) is 0 Å². The number of amides is 1. The van der Waals surface area contributed by atoms with E-state index in [9.17, 15) is 9.59 Å². The molecule has 1 aromatic carbocycles. The summed E-state index contributed by atoms with van der Waals surface area (Å²) < 4.78 is 0. The van der Waals surface area contributed by atoms with Gasteiger partial charge in [-0.3, -0.25) is 9.59 Å². The summed E-state index contributed by atoms with van der Waals surface area (Å²) in [6.45, 7) is -0.198. The summed E-state index contributed by atoms with van der Waals surface area (Å²) in [5, 5.41) is 17.0. The number of carbonyl (C=O) groups is 1. The molecule has 2 aromatic rings. The van der Waals surface area contributed by atoms with E-state index in [4.69, 9.17) is 5.11 Å². The van der Waals surface area contributed by atoms with E-state index in [1.165, 1.54) is 12.1 Å². The fourth-order valence-corrected chi connectivity index (χ4v) is 1.44. The van der Waals surface area contributed by atoms with Gasteiger partial charge in [0.1, 0.15) is 12.3 Å². The minimum absolute atomic E-state index is 0.119. The molecule has 0 fully saturated rings. The van der Waals surface area contributed by atoms with Crippen LogP contribution in [0.1, 0.15) is 16.1 Å². The number of anilines is 1. The number of aliphatic hydroxyl groups is 1. The second-order valence-electron chi connectivity index (χ2n) is 3.80. The first-order valence-corrected chi connectivity index (χ1v) is 5.76. The van der Waals surface area contributed by atoms with Gasteiger partial charge in [0.15, 0.2) is 0 Å². The molecule has 0 saturated heterocycles. The first kappa shape index (κ1) is 13.5. The second-order valence-corrected chi connectivity index (χ2v) is 3.80. The van der Waals surface area contributed by atoms with E-state index in [-0.39, 0.29) is 17.9 Å². The van der Waals surface area contributed by atoms with E-state index in [1.54, 1.807) is 24.3 Å². The van der Waals surface area contributed by atoms with Gasteiger partial charge in [-0.1, -0.05) is 11.8 Å². The van der Waals surface area contributed by atoms with E-state index >= 15 is 0 Å². The third-order valence-electron chi connectivity index (χ3n) is 2.37. The van der Waals surface area contributed by atoms with Crippen LogP contribution >= 0.6 is 0 Å². The minimum atomic E-state index is -0.421. The number of nitrogens with zero attached hydrogens (tertiary/aromatic N) is 1. The molecule has 0 aliphatic heterocycles. The zero-order chi connectivity index (χ0) is 14.4. The molecule has 100 valence electrons. The average molecular weight is 269 g/mol. The number of hydrogen-bond acceptors (Lipinski definition) is 4. The van der Waals surface area contributed by atoms with E-state index in [1.807, 2.05) is 0 Å². The van der Waals surface area contributed by atoms with Crippen molar-refractivity contribution in [2.24, 2.45) is 0 Å². The fourth-order valence-electron chi connectivity index (χ4n) is 1.44. The van der Waals surface area contributed by atoms with Crippen LogP contribution in [0.15, 0.2) is 41.2 Å². The van der Waals surface area contributed by atoms with Gasteiger partial charge in [-0.05, 0) is 30.3 Å². The van der Waals surface area contributed by atoms with E-state index in [2.05, 4.69) is 27.4 Å². The maximum atomic E-state index is 11.8. The summed E-state index contributed by atoms with van der Waals surface area (Å²) >= 11 is 0. The molecule has 0 aliphatic carbocycles. The van der Waals surface area contributed by atoms with Crippen molar-refractivity contribution in [2.45, 2.75) is 0 Å². The van der Waals surface area contributed by atoms with E-state index in [0.717, 1.165) is 5.56 Å². The van der Waals surface area contributed by atoms with Crippen molar-refractivity contribution in [2.75, 3.05) is 11.9 Å². The number of aromatic amines is 1. The van der Waals surface area contributed by atoms with Crippen LogP contribution in [-0.2, 0) is 0 Å². The third kappa shape index (κ3) is 3.54. The molecule has 3 N–H and O–H groups in total. The van der Waals surface area contributed by atoms with Gasteiger partial charge in [-0.15, -0.1) is 0 Å². The number of aromatic nitrogens is 2. The van der Waals surface area contributed by atoms with Crippen molar-refractivity contribution in [3.63, 3.8) is 0 Å². The third-order valence-corrected chi connectivity index (χ3v) is 2.37. The van der Waals surface area contributed by atoms with Gasteiger partial charge >= 0.3 is 0 Å². The molecule has 0 bridgehead atoms. The summed E-state index contributed by atoms with van der Waals surface area (Å²) in [5.74, 6) is 4.86.